The lowest BCUT2D eigenvalue weighted by molar-refractivity contribution is -0.384. The maximum atomic E-state index is 12.9. The quantitative estimate of drug-likeness (QED) is 0.554. The summed E-state index contributed by atoms with van der Waals surface area (Å²) in [6.45, 7) is 2.13. The Kier molecular flexibility index (Phi) is 5.44. The Bertz CT molecular complexity index is 1060. The first-order chi connectivity index (χ1) is 14.3. The second-order valence-corrected chi connectivity index (χ2v) is 9.19. The van der Waals surface area contributed by atoms with Crippen LogP contribution >= 0.6 is 0 Å². The molecule has 1 saturated heterocycles. The third-order valence-corrected chi connectivity index (χ3v) is 6.80. The van der Waals surface area contributed by atoms with Gasteiger partial charge in [0.15, 0.2) is 0 Å². The zero-order chi connectivity index (χ0) is 21.3. The number of piperazine rings is 1. The van der Waals surface area contributed by atoms with E-state index in [0.29, 0.717) is 31.7 Å². The number of anilines is 1. The summed E-state index contributed by atoms with van der Waals surface area (Å²) in [7, 11) is -3.62. The molecular formula is C20H22N4O5S. The second kappa shape index (κ2) is 8.04. The van der Waals surface area contributed by atoms with Gasteiger partial charge in [-0.05, 0) is 43.2 Å². The van der Waals surface area contributed by atoms with Gasteiger partial charge in [0.2, 0.25) is 10.0 Å². The summed E-state index contributed by atoms with van der Waals surface area (Å²) in [5.74, 6) is -0.207. The van der Waals surface area contributed by atoms with Crippen LogP contribution < -0.4 is 9.62 Å². The minimum absolute atomic E-state index is 0.00172. The second-order valence-electron chi connectivity index (χ2n) is 7.48. The molecule has 158 valence electrons. The van der Waals surface area contributed by atoms with E-state index >= 15 is 0 Å². The van der Waals surface area contributed by atoms with Crippen molar-refractivity contribution in [2.45, 2.75) is 23.8 Å². The van der Waals surface area contributed by atoms with Gasteiger partial charge in [0, 0.05) is 55.6 Å². The Hall–Kier alpha value is -2.98. The summed E-state index contributed by atoms with van der Waals surface area (Å²) in [5.41, 5.74) is 1.25. The Balaban J connectivity index is 1.40. The maximum Gasteiger partial charge on any atom is 0.269 e. The molecule has 0 spiro atoms. The van der Waals surface area contributed by atoms with Crippen LogP contribution in [0.15, 0.2) is 53.4 Å². The molecule has 2 aliphatic rings. The van der Waals surface area contributed by atoms with Crippen LogP contribution in [0.2, 0.25) is 0 Å². The van der Waals surface area contributed by atoms with Crippen molar-refractivity contribution in [3.05, 3.63) is 64.2 Å². The normalized spacial score (nSPS) is 17.1. The van der Waals surface area contributed by atoms with E-state index in [1.165, 1.54) is 24.3 Å². The summed E-state index contributed by atoms with van der Waals surface area (Å²) in [4.78, 5) is 27.1. The zero-order valence-electron chi connectivity index (χ0n) is 16.2. The third-order valence-electron chi connectivity index (χ3n) is 5.28. The average Bonchev–Trinajstić information content (AvgIpc) is 3.57. The molecule has 1 aliphatic carbocycles. The molecule has 0 atom stereocenters. The molecule has 1 aliphatic heterocycles. The molecule has 2 aromatic rings. The Morgan fingerprint density at radius 2 is 1.70 bits per heavy atom. The molecule has 4 rings (SSSR count). The number of nitro groups is 1. The first-order valence-electron chi connectivity index (χ1n) is 9.74. The molecule has 2 fully saturated rings. The molecule has 2 aromatic carbocycles. The van der Waals surface area contributed by atoms with Crippen LogP contribution in [0.25, 0.3) is 0 Å². The van der Waals surface area contributed by atoms with Gasteiger partial charge in [0.1, 0.15) is 0 Å². The molecule has 10 heteroatoms. The number of amides is 1. The van der Waals surface area contributed by atoms with Gasteiger partial charge in [-0.25, -0.2) is 13.1 Å². The summed E-state index contributed by atoms with van der Waals surface area (Å²) in [6.07, 6.45) is 1.69. The number of carbonyl (C=O) groups is 1. The van der Waals surface area contributed by atoms with Crippen molar-refractivity contribution in [2.24, 2.45) is 0 Å². The molecule has 9 nitrogen and oxygen atoms in total. The largest absolute Gasteiger partial charge is 0.368 e. The summed E-state index contributed by atoms with van der Waals surface area (Å²) < 4.78 is 27.5. The van der Waals surface area contributed by atoms with Crippen molar-refractivity contribution in [1.29, 1.82) is 0 Å². The minimum atomic E-state index is -3.62. The Morgan fingerprint density at radius 1 is 1.03 bits per heavy atom. The lowest BCUT2D eigenvalue weighted by atomic mass is 10.1. The third kappa shape index (κ3) is 4.44. The van der Waals surface area contributed by atoms with Gasteiger partial charge >= 0.3 is 0 Å². The number of hydrogen-bond donors (Lipinski definition) is 1. The van der Waals surface area contributed by atoms with Gasteiger partial charge in [-0.3, -0.25) is 14.9 Å². The van der Waals surface area contributed by atoms with E-state index in [0.717, 1.165) is 18.5 Å². The molecule has 0 aromatic heterocycles. The monoisotopic (exact) mass is 430 g/mol. The lowest BCUT2D eigenvalue weighted by Gasteiger charge is -2.36. The van der Waals surface area contributed by atoms with Crippen molar-refractivity contribution < 1.29 is 18.1 Å². The fourth-order valence-corrected chi connectivity index (χ4v) is 4.77. The highest BCUT2D eigenvalue weighted by atomic mass is 32.2. The fourth-order valence-electron chi connectivity index (χ4n) is 3.42. The van der Waals surface area contributed by atoms with Crippen LogP contribution in [0.5, 0.6) is 0 Å². The van der Waals surface area contributed by atoms with E-state index in [4.69, 9.17) is 0 Å². The minimum Gasteiger partial charge on any atom is -0.368 e. The van der Waals surface area contributed by atoms with Gasteiger partial charge in [-0.2, -0.15) is 0 Å². The number of carbonyl (C=O) groups excluding carboxylic acids is 1. The van der Waals surface area contributed by atoms with E-state index < -0.39 is 14.9 Å². The fraction of sp³-hybridized carbons (Fsp3) is 0.350. The van der Waals surface area contributed by atoms with E-state index in [2.05, 4.69) is 9.62 Å². The van der Waals surface area contributed by atoms with E-state index in [1.54, 1.807) is 29.2 Å². The van der Waals surface area contributed by atoms with Crippen LogP contribution in [0, 0.1) is 10.1 Å². The van der Waals surface area contributed by atoms with Gasteiger partial charge in [-0.15, -0.1) is 0 Å². The summed E-state index contributed by atoms with van der Waals surface area (Å²) in [5, 5.41) is 10.8. The number of nitro benzene ring substituents is 1. The number of sulfonamides is 1. The number of nitrogens with one attached hydrogen (secondary N) is 1. The Labute approximate surface area is 174 Å². The van der Waals surface area contributed by atoms with Crippen molar-refractivity contribution in [2.75, 3.05) is 31.1 Å². The average molecular weight is 430 g/mol. The van der Waals surface area contributed by atoms with E-state index in [1.807, 2.05) is 0 Å². The predicted molar refractivity (Wildman–Crippen MR) is 111 cm³/mol. The SMILES string of the molecule is O=C(c1cccc(S(=O)(=O)NC2CC2)c1)N1CCN(c2ccc([N+](=O)[O-])cc2)CC1. The highest BCUT2D eigenvalue weighted by molar-refractivity contribution is 7.89. The van der Waals surface area contributed by atoms with Crippen molar-refractivity contribution in [3.8, 4) is 0 Å². The molecule has 1 amide bonds. The smallest absolute Gasteiger partial charge is 0.269 e. The molecule has 0 bridgehead atoms. The lowest BCUT2D eigenvalue weighted by Crippen LogP contribution is -2.48. The molecular weight excluding hydrogens is 408 g/mol. The van der Waals surface area contributed by atoms with E-state index in [9.17, 15) is 23.3 Å². The first kappa shape index (κ1) is 20.3. The molecule has 1 saturated carbocycles. The highest BCUT2D eigenvalue weighted by Crippen LogP contribution is 2.24. The van der Waals surface area contributed by atoms with Crippen molar-refractivity contribution >= 4 is 27.3 Å². The van der Waals surface area contributed by atoms with Crippen LogP contribution in [0.4, 0.5) is 11.4 Å². The van der Waals surface area contributed by atoms with Crippen LogP contribution in [0.3, 0.4) is 0 Å². The highest BCUT2D eigenvalue weighted by Gasteiger charge is 2.29. The van der Waals surface area contributed by atoms with Crippen molar-refractivity contribution in [1.82, 2.24) is 9.62 Å². The van der Waals surface area contributed by atoms with Crippen LogP contribution in [0.1, 0.15) is 23.2 Å². The molecule has 0 unspecified atom stereocenters. The predicted octanol–water partition coefficient (Wildman–Crippen LogP) is 2.00. The van der Waals surface area contributed by atoms with E-state index in [-0.39, 0.29) is 22.5 Å². The Morgan fingerprint density at radius 3 is 2.30 bits per heavy atom. The van der Waals surface area contributed by atoms with Gasteiger partial charge in [0.25, 0.3) is 11.6 Å². The molecule has 0 radical (unpaired) electrons. The maximum absolute atomic E-state index is 12.9. The number of nitrogens with zero attached hydrogens (tertiary/aromatic N) is 3. The number of rotatable bonds is 6. The van der Waals surface area contributed by atoms with Gasteiger partial charge in [0.05, 0.1) is 9.82 Å². The number of non-ortho nitro benzene ring substituents is 1. The zero-order valence-corrected chi connectivity index (χ0v) is 17.0. The first-order valence-corrected chi connectivity index (χ1v) is 11.2. The topological polar surface area (TPSA) is 113 Å². The van der Waals surface area contributed by atoms with Gasteiger partial charge < -0.3 is 9.80 Å². The molecule has 30 heavy (non-hydrogen) atoms. The number of hydrogen-bond acceptors (Lipinski definition) is 6. The van der Waals surface area contributed by atoms with Gasteiger partial charge in [-0.1, -0.05) is 6.07 Å². The summed E-state index contributed by atoms with van der Waals surface area (Å²) >= 11 is 0. The summed E-state index contributed by atoms with van der Waals surface area (Å²) in [6, 6.07) is 12.5. The standard InChI is InChI=1S/C20H22N4O5S/c25-20(15-2-1-3-19(14-15)30(28,29)21-16-4-5-16)23-12-10-22(11-13-23)17-6-8-18(9-7-17)24(26)27/h1-3,6-9,14,16,21H,4-5,10-13H2. The van der Waals surface area contributed by atoms with Crippen molar-refractivity contribution in [3.63, 3.8) is 0 Å². The molecule has 1 N–H and O–H groups in total. The molecule has 1 heterocycles. The number of benzene rings is 2. The van der Waals surface area contributed by atoms with Crippen LogP contribution in [-0.2, 0) is 10.0 Å². The van der Waals surface area contributed by atoms with Crippen LogP contribution in [-0.4, -0.2) is 56.4 Å².